The summed E-state index contributed by atoms with van der Waals surface area (Å²) in [6.45, 7) is 4.26. The van der Waals surface area contributed by atoms with E-state index in [9.17, 15) is 4.79 Å². The van der Waals surface area contributed by atoms with E-state index in [1.165, 1.54) is 32.2 Å². The van der Waals surface area contributed by atoms with Crippen LogP contribution in [0.15, 0.2) is 43.2 Å². The molecular formula is C16H19NO3S2. The first-order valence-electron chi connectivity index (χ1n) is 6.55. The van der Waals surface area contributed by atoms with Crippen molar-refractivity contribution in [2.75, 3.05) is 20.8 Å². The number of benzene rings is 1. The Balaban J connectivity index is 2.93. The van der Waals surface area contributed by atoms with Crippen molar-refractivity contribution in [1.82, 2.24) is 5.32 Å². The van der Waals surface area contributed by atoms with E-state index in [1.54, 1.807) is 6.08 Å². The summed E-state index contributed by atoms with van der Waals surface area (Å²) >= 11 is 6.72. The molecule has 0 radical (unpaired) electrons. The molecule has 0 aromatic heterocycles. The summed E-state index contributed by atoms with van der Waals surface area (Å²) in [6.07, 6.45) is 3.14. The second-order valence-corrected chi connectivity index (χ2v) is 5.81. The van der Waals surface area contributed by atoms with Gasteiger partial charge in [0.25, 0.3) is 0 Å². The number of hydrogen-bond acceptors (Lipinski definition) is 5. The smallest absolute Gasteiger partial charge is 0.341 e. The van der Waals surface area contributed by atoms with Crippen LogP contribution in [0.2, 0.25) is 0 Å². The molecule has 0 atom stereocenters. The van der Waals surface area contributed by atoms with E-state index in [1.807, 2.05) is 24.3 Å². The fourth-order valence-corrected chi connectivity index (χ4v) is 2.69. The van der Waals surface area contributed by atoms with Gasteiger partial charge in [0, 0.05) is 12.3 Å². The highest BCUT2D eigenvalue weighted by atomic mass is 32.2. The highest BCUT2D eigenvalue weighted by Gasteiger charge is 2.16. The molecule has 0 saturated carbocycles. The number of nitrogens with one attached hydrogen (secondary N) is 1. The average molecular weight is 337 g/mol. The zero-order valence-corrected chi connectivity index (χ0v) is 14.3. The van der Waals surface area contributed by atoms with Gasteiger partial charge in [-0.25, -0.2) is 4.79 Å². The molecule has 0 spiro atoms. The Bertz CT molecular complexity index is 570. The summed E-state index contributed by atoms with van der Waals surface area (Å²) in [5.41, 5.74) is 2.13. The van der Waals surface area contributed by atoms with Gasteiger partial charge in [-0.3, -0.25) is 0 Å². The van der Waals surface area contributed by atoms with Gasteiger partial charge in [0.15, 0.2) is 0 Å². The molecule has 0 fully saturated rings. The van der Waals surface area contributed by atoms with E-state index >= 15 is 0 Å². The number of carbonyl (C=O) groups is 1. The SMILES string of the molecule is C=CCNC(=S)SCc1ccccc1C(=COC)C(=O)OC. The van der Waals surface area contributed by atoms with Crippen molar-refractivity contribution >= 4 is 39.8 Å². The van der Waals surface area contributed by atoms with Crippen LogP contribution in [0.1, 0.15) is 11.1 Å². The molecule has 4 nitrogen and oxygen atoms in total. The lowest BCUT2D eigenvalue weighted by Crippen LogP contribution is -2.18. The standard InChI is InChI=1S/C16H19NO3S2/c1-4-9-17-16(21)22-11-12-7-5-6-8-13(12)14(10-19-2)15(18)20-3/h4-8,10H,1,9,11H2,2-3H3,(H,17,21). The largest absolute Gasteiger partial charge is 0.503 e. The summed E-state index contributed by atoms with van der Waals surface area (Å²) in [7, 11) is 2.84. The second kappa shape index (κ2) is 10.0. The van der Waals surface area contributed by atoms with Crippen LogP contribution in [0.5, 0.6) is 0 Å². The molecule has 0 unspecified atom stereocenters. The van der Waals surface area contributed by atoms with Gasteiger partial charge in [0.2, 0.25) is 0 Å². The topological polar surface area (TPSA) is 47.6 Å². The van der Waals surface area contributed by atoms with Crippen molar-refractivity contribution in [3.05, 3.63) is 54.3 Å². The van der Waals surface area contributed by atoms with Gasteiger partial charge < -0.3 is 14.8 Å². The fourth-order valence-electron chi connectivity index (χ4n) is 1.71. The number of hydrogen-bond donors (Lipinski definition) is 1. The Morgan fingerprint density at radius 1 is 1.41 bits per heavy atom. The summed E-state index contributed by atoms with van der Waals surface area (Å²) in [4.78, 5) is 11.9. The highest BCUT2D eigenvalue weighted by Crippen LogP contribution is 2.24. The first kappa shape index (κ1) is 18.3. The lowest BCUT2D eigenvalue weighted by Gasteiger charge is -2.12. The molecule has 0 aliphatic rings. The Kier molecular flexibility index (Phi) is 8.32. The molecule has 0 heterocycles. The van der Waals surface area contributed by atoms with E-state index < -0.39 is 5.97 Å². The molecular weight excluding hydrogens is 318 g/mol. The lowest BCUT2D eigenvalue weighted by molar-refractivity contribution is -0.133. The third-order valence-electron chi connectivity index (χ3n) is 2.70. The zero-order valence-electron chi connectivity index (χ0n) is 12.6. The molecule has 0 saturated heterocycles. The number of methoxy groups -OCH3 is 2. The van der Waals surface area contributed by atoms with Gasteiger partial charge in [-0.1, -0.05) is 54.3 Å². The van der Waals surface area contributed by atoms with Crippen molar-refractivity contribution < 1.29 is 14.3 Å². The van der Waals surface area contributed by atoms with Gasteiger partial charge in [-0.05, 0) is 11.1 Å². The van der Waals surface area contributed by atoms with Crippen LogP contribution >= 0.6 is 24.0 Å². The van der Waals surface area contributed by atoms with Gasteiger partial charge in [0.1, 0.15) is 9.89 Å². The Morgan fingerprint density at radius 2 is 2.14 bits per heavy atom. The zero-order chi connectivity index (χ0) is 16.4. The van der Waals surface area contributed by atoms with Gasteiger partial charge in [-0.15, -0.1) is 6.58 Å². The predicted octanol–water partition coefficient (Wildman–Crippen LogP) is 3.14. The molecule has 0 aliphatic carbocycles. The lowest BCUT2D eigenvalue weighted by atomic mass is 10.0. The minimum Gasteiger partial charge on any atom is -0.503 e. The summed E-state index contributed by atoms with van der Waals surface area (Å²) in [5.74, 6) is 0.198. The summed E-state index contributed by atoms with van der Waals surface area (Å²) < 4.78 is 10.5. The van der Waals surface area contributed by atoms with Crippen LogP contribution in [0.25, 0.3) is 5.57 Å². The van der Waals surface area contributed by atoms with Crippen LogP contribution in [-0.2, 0) is 20.0 Å². The van der Waals surface area contributed by atoms with E-state index in [-0.39, 0.29) is 0 Å². The minimum atomic E-state index is -0.438. The molecule has 1 aromatic carbocycles. The van der Waals surface area contributed by atoms with Gasteiger partial charge in [0.05, 0.1) is 20.5 Å². The first-order chi connectivity index (χ1) is 10.6. The summed E-state index contributed by atoms with van der Waals surface area (Å²) in [6, 6.07) is 7.59. The number of esters is 1. The number of carbonyl (C=O) groups excluding carboxylic acids is 1. The van der Waals surface area contributed by atoms with E-state index in [4.69, 9.17) is 21.7 Å². The maximum Gasteiger partial charge on any atom is 0.341 e. The van der Waals surface area contributed by atoms with Crippen molar-refractivity contribution in [1.29, 1.82) is 0 Å². The predicted molar refractivity (Wildman–Crippen MR) is 95.5 cm³/mol. The van der Waals surface area contributed by atoms with Crippen molar-refractivity contribution in [2.24, 2.45) is 0 Å². The Labute approximate surface area is 140 Å². The number of ether oxygens (including phenoxy) is 2. The Hall–Kier alpha value is -1.79. The van der Waals surface area contributed by atoms with E-state index in [0.29, 0.717) is 22.2 Å². The third kappa shape index (κ3) is 5.54. The maximum absolute atomic E-state index is 11.9. The number of rotatable bonds is 7. The highest BCUT2D eigenvalue weighted by molar-refractivity contribution is 8.22. The normalized spacial score (nSPS) is 10.7. The van der Waals surface area contributed by atoms with Crippen LogP contribution < -0.4 is 5.32 Å². The molecule has 1 aromatic rings. The van der Waals surface area contributed by atoms with Crippen LogP contribution in [0.4, 0.5) is 0 Å². The molecule has 22 heavy (non-hydrogen) atoms. The Morgan fingerprint density at radius 3 is 2.77 bits per heavy atom. The number of thioether (sulfide) groups is 1. The minimum absolute atomic E-state index is 0.381. The third-order valence-corrected chi connectivity index (χ3v) is 4.06. The monoisotopic (exact) mass is 337 g/mol. The van der Waals surface area contributed by atoms with E-state index in [2.05, 4.69) is 11.9 Å². The van der Waals surface area contributed by atoms with Crippen molar-refractivity contribution in [2.45, 2.75) is 5.75 Å². The summed E-state index contributed by atoms with van der Waals surface area (Å²) in [5, 5.41) is 3.06. The quantitative estimate of drug-likeness (QED) is 0.271. The van der Waals surface area contributed by atoms with Gasteiger partial charge >= 0.3 is 5.97 Å². The fraction of sp³-hybridized carbons (Fsp3) is 0.250. The van der Waals surface area contributed by atoms with Crippen LogP contribution in [0, 0.1) is 0 Å². The molecule has 6 heteroatoms. The molecule has 1 N–H and O–H groups in total. The molecule has 1 rings (SSSR count). The second-order valence-electron chi connectivity index (χ2n) is 4.16. The average Bonchev–Trinajstić information content (AvgIpc) is 2.55. The molecule has 0 amide bonds. The number of thiocarbonyl (C=S) groups is 1. The van der Waals surface area contributed by atoms with Crippen LogP contribution in [-0.4, -0.2) is 31.1 Å². The van der Waals surface area contributed by atoms with Crippen LogP contribution in [0.3, 0.4) is 0 Å². The van der Waals surface area contributed by atoms with E-state index in [0.717, 1.165) is 11.1 Å². The van der Waals surface area contributed by atoms with Crippen molar-refractivity contribution in [3.63, 3.8) is 0 Å². The molecule has 0 bridgehead atoms. The first-order valence-corrected chi connectivity index (χ1v) is 7.94. The molecule has 0 aliphatic heterocycles. The van der Waals surface area contributed by atoms with Gasteiger partial charge in [-0.2, -0.15) is 0 Å². The maximum atomic E-state index is 11.9. The van der Waals surface area contributed by atoms with Crippen molar-refractivity contribution in [3.8, 4) is 0 Å². The molecule has 118 valence electrons.